The Morgan fingerprint density at radius 2 is 1.86 bits per heavy atom. The Morgan fingerprint density at radius 1 is 1.11 bits per heavy atom. The first-order valence-corrected chi connectivity index (χ1v) is 11.3. The molecule has 0 fully saturated rings. The van der Waals surface area contributed by atoms with E-state index in [-0.39, 0.29) is 12.2 Å². The van der Waals surface area contributed by atoms with E-state index in [1.165, 1.54) is 12.1 Å². The SMILES string of the molecule is CN1C(N)[C]=C(N)N(Cc2ccc(Cl)cc2)C1n1nc(Cc2ccccc2F)c2ncc(F)cc21. The molecular weight excluding hydrogens is 472 g/mol. The Balaban J connectivity index is 1.63. The van der Waals surface area contributed by atoms with Crippen LogP contribution in [0.2, 0.25) is 5.02 Å². The van der Waals surface area contributed by atoms with E-state index in [1.807, 2.05) is 21.9 Å². The van der Waals surface area contributed by atoms with Crippen molar-refractivity contribution in [2.45, 2.75) is 25.4 Å². The Kier molecular flexibility index (Phi) is 6.14. The van der Waals surface area contributed by atoms with E-state index in [1.54, 1.807) is 42.1 Å². The van der Waals surface area contributed by atoms with Gasteiger partial charge in [0.1, 0.15) is 23.0 Å². The standard InChI is InChI=1S/C25H23ClF2N7/c1-33-22(29)12-23(30)34(14-15-6-8-17(26)9-7-15)25(33)35-21-11-18(27)13-31-24(21)20(32-35)10-16-4-2-3-5-19(16)28/h2-9,11,13,22,25H,10,14,29-30H2,1H3. The zero-order valence-electron chi connectivity index (χ0n) is 18.9. The van der Waals surface area contributed by atoms with Crippen LogP contribution >= 0.6 is 11.6 Å². The Morgan fingerprint density at radius 3 is 2.60 bits per heavy atom. The molecule has 4 N–H and O–H groups in total. The van der Waals surface area contributed by atoms with Gasteiger partial charge in [-0.25, -0.2) is 23.3 Å². The molecule has 1 aliphatic rings. The number of pyridine rings is 1. The van der Waals surface area contributed by atoms with Gasteiger partial charge in [-0.2, -0.15) is 5.10 Å². The maximum atomic E-state index is 14.4. The third-order valence-corrected chi connectivity index (χ3v) is 6.32. The molecule has 0 bridgehead atoms. The van der Waals surface area contributed by atoms with Gasteiger partial charge < -0.3 is 16.4 Å². The van der Waals surface area contributed by atoms with Gasteiger partial charge in [0, 0.05) is 30.1 Å². The lowest BCUT2D eigenvalue weighted by atomic mass is 10.1. The van der Waals surface area contributed by atoms with E-state index in [9.17, 15) is 8.78 Å². The third kappa shape index (κ3) is 4.45. The highest BCUT2D eigenvalue weighted by molar-refractivity contribution is 6.30. The van der Waals surface area contributed by atoms with Crippen LogP contribution in [0.5, 0.6) is 0 Å². The Hall–Kier alpha value is -3.53. The summed E-state index contributed by atoms with van der Waals surface area (Å²) >= 11 is 6.05. The first kappa shape index (κ1) is 23.2. The van der Waals surface area contributed by atoms with Crippen molar-refractivity contribution in [3.05, 3.63) is 106 Å². The molecule has 2 atom stereocenters. The van der Waals surface area contributed by atoms with E-state index in [0.717, 1.165) is 11.8 Å². The lowest BCUT2D eigenvalue weighted by molar-refractivity contribution is -0.0183. The maximum absolute atomic E-state index is 14.4. The summed E-state index contributed by atoms with van der Waals surface area (Å²) in [6.45, 7) is 0.393. The van der Waals surface area contributed by atoms with Gasteiger partial charge in [0.15, 0.2) is 6.29 Å². The molecule has 2 aromatic heterocycles. The summed E-state index contributed by atoms with van der Waals surface area (Å²) in [5.74, 6) is -0.530. The van der Waals surface area contributed by atoms with Crippen LogP contribution in [0.25, 0.3) is 11.0 Å². The molecule has 3 heterocycles. The van der Waals surface area contributed by atoms with Crippen LogP contribution in [0.1, 0.15) is 23.1 Å². The van der Waals surface area contributed by atoms with Crippen molar-refractivity contribution in [3.63, 3.8) is 0 Å². The molecule has 10 heteroatoms. The number of nitrogens with zero attached hydrogens (tertiary/aromatic N) is 5. The summed E-state index contributed by atoms with van der Waals surface area (Å²) in [5.41, 5.74) is 15.5. The highest BCUT2D eigenvalue weighted by Gasteiger charge is 2.35. The maximum Gasteiger partial charge on any atom is 0.183 e. The fourth-order valence-corrected chi connectivity index (χ4v) is 4.38. The number of fused-ring (bicyclic) bond motifs is 1. The highest BCUT2D eigenvalue weighted by Crippen LogP contribution is 2.32. The molecule has 2 unspecified atom stereocenters. The van der Waals surface area contributed by atoms with E-state index in [4.69, 9.17) is 28.2 Å². The fourth-order valence-electron chi connectivity index (χ4n) is 4.26. The molecule has 1 radical (unpaired) electrons. The van der Waals surface area contributed by atoms with Crippen LogP contribution in [-0.4, -0.2) is 37.8 Å². The van der Waals surface area contributed by atoms with Gasteiger partial charge in [-0.3, -0.25) is 0 Å². The summed E-state index contributed by atoms with van der Waals surface area (Å²) in [4.78, 5) is 7.96. The normalized spacial score (nSPS) is 18.8. The molecule has 1 aliphatic heterocycles. The van der Waals surface area contributed by atoms with E-state index in [2.05, 4.69) is 11.1 Å². The Bertz CT molecular complexity index is 1400. The molecule has 0 saturated heterocycles. The first-order valence-electron chi connectivity index (χ1n) is 11.0. The van der Waals surface area contributed by atoms with Gasteiger partial charge in [0.05, 0.1) is 23.6 Å². The number of halogens is 3. The van der Waals surface area contributed by atoms with E-state index >= 15 is 0 Å². The molecule has 5 rings (SSSR count). The fraction of sp³-hybridized carbons (Fsp3) is 0.200. The molecule has 0 aliphatic carbocycles. The van der Waals surface area contributed by atoms with Crippen molar-refractivity contribution in [2.75, 3.05) is 7.05 Å². The number of aromatic nitrogens is 3. The largest absolute Gasteiger partial charge is 0.385 e. The van der Waals surface area contributed by atoms with Gasteiger partial charge in [-0.1, -0.05) is 41.9 Å². The molecular formula is C25H23ClF2N7. The number of hydrogen-bond acceptors (Lipinski definition) is 6. The van der Waals surface area contributed by atoms with Crippen molar-refractivity contribution in [3.8, 4) is 0 Å². The van der Waals surface area contributed by atoms with E-state index in [0.29, 0.717) is 39.7 Å². The molecule has 4 aromatic rings. The minimum Gasteiger partial charge on any atom is -0.385 e. The average Bonchev–Trinajstić information content (AvgIpc) is 3.17. The molecule has 7 nitrogen and oxygen atoms in total. The monoisotopic (exact) mass is 494 g/mol. The topological polar surface area (TPSA) is 89.2 Å². The molecule has 35 heavy (non-hydrogen) atoms. The van der Waals surface area contributed by atoms with Crippen molar-refractivity contribution in [2.24, 2.45) is 11.5 Å². The summed E-state index contributed by atoms with van der Waals surface area (Å²) in [6, 6.07) is 15.2. The summed E-state index contributed by atoms with van der Waals surface area (Å²) in [5, 5.41) is 5.40. The van der Waals surface area contributed by atoms with Crippen molar-refractivity contribution >= 4 is 22.6 Å². The quantitative estimate of drug-likeness (QED) is 0.439. The molecule has 0 saturated carbocycles. The minimum absolute atomic E-state index is 0.186. The van der Waals surface area contributed by atoms with Crippen LogP contribution in [0.3, 0.4) is 0 Å². The van der Waals surface area contributed by atoms with Gasteiger partial charge in [-0.05, 0) is 36.4 Å². The van der Waals surface area contributed by atoms with E-state index < -0.39 is 18.3 Å². The van der Waals surface area contributed by atoms with Crippen LogP contribution < -0.4 is 11.5 Å². The van der Waals surface area contributed by atoms with Crippen LogP contribution in [0.4, 0.5) is 8.78 Å². The number of nitrogens with two attached hydrogens (primary N) is 2. The summed E-state index contributed by atoms with van der Waals surface area (Å²) in [6.07, 6.45) is 3.11. The zero-order chi connectivity index (χ0) is 24.7. The van der Waals surface area contributed by atoms with Crippen molar-refractivity contribution < 1.29 is 8.78 Å². The van der Waals surface area contributed by atoms with Crippen molar-refractivity contribution in [1.82, 2.24) is 24.6 Å². The number of hydrogen-bond donors (Lipinski definition) is 2. The second kappa shape index (κ2) is 9.26. The third-order valence-electron chi connectivity index (χ3n) is 6.07. The van der Waals surface area contributed by atoms with Gasteiger partial charge in [0.25, 0.3) is 0 Å². The molecule has 0 amide bonds. The van der Waals surface area contributed by atoms with Gasteiger partial charge in [0.2, 0.25) is 0 Å². The smallest absolute Gasteiger partial charge is 0.183 e. The van der Waals surface area contributed by atoms with Gasteiger partial charge in [-0.15, -0.1) is 0 Å². The number of rotatable bonds is 5. The second-order valence-electron chi connectivity index (χ2n) is 8.42. The minimum atomic E-state index is -0.628. The second-order valence-corrected chi connectivity index (χ2v) is 8.86. The summed E-state index contributed by atoms with van der Waals surface area (Å²) in [7, 11) is 1.81. The lowest BCUT2D eigenvalue weighted by Gasteiger charge is -2.44. The number of likely N-dealkylation sites (N-methyl/N-ethyl adjacent to an activating group) is 1. The van der Waals surface area contributed by atoms with Gasteiger partial charge >= 0.3 is 0 Å². The summed E-state index contributed by atoms with van der Waals surface area (Å²) < 4.78 is 30.4. The predicted octanol–water partition coefficient (Wildman–Crippen LogP) is 3.75. The highest BCUT2D eigenvalue weighted by atomic mass is 35.5. The van der Waals surface area contributed by atoms with Crippen LogP contribution in [0.15, 0.2) is 66.6 Å². The first-order chi connectivity index (χ1) is 16.8. The number of benzene rings is 2. The zero-order valence-corrected chi connectivity index (χ0v) is 19.6. The average molecular weight is 495 g/mol. The Labute approximate surface area is 206 Å². The molecule has 2 aromatic carbocycles. The lowest BCUT2D eigenvalue weighted by Crippen LogP contribution is -2.55. The van der Waals surface area contributed by atoms with Crippen molar-refractivity contribution in [1.29, 1.82) is 0 Å². The van der Waals surface area contributed by atoms with Crippen LogP contribution in [-0.2, 0) is 13.0 Å². The predicted molar refractivity (Wildman–Crippen MR) is 129 cm³/mol. The molecule has 0 spiro atoms. The van der Waals surface area contributed by atoms with Crippen LogP contribution in [0, 0.1) is 17.7 Å². The molecule has 179 valence electrons.